The van der Waals surface area contributed by atoms with E-state index in [4.69, 9.17) is 0 Å². The third kappa shape index (κ3) is 4.34. The molecular formula is C20H30Cl2Zr. The van der Waals surface area contributed by atoms with E-state index in [-0.39, 0.29) is 24.8 Å². The Kier molecular flexibility index (Phi) is 9.38. The molecule has 23 heavy (non-hydrogen) atoms. The second kappa shape index (κ2) is 9.21. The van der Waals surface area contributed by atoms with Crippen LogP contribution < -0.4 is 24.8 Å². The van der Waals surface area contributed by atoms with Crippen LogP contribution in [0.2, 0.25) is 6.25 Å². The summed E-state index contributed by atoms with van der Waals surface area (Å²) in [6.07, 6.45) is 15.2. The number of hydrogen-bond acceptors (Lipinski definition) is 0. The standard InChI is InChI=1S/2C10H15.2ClH.Zr/c2*1-4-9-6-8(3)7-10(9)5-2;;;/h2*6-7H,4-5H2,1-3H3;2*1H;/q;;;;+2/p-2. The first-order chi connectivity index (χ1) is 9.95. The van der Waals surface area contributed by atoms with Gasteiger partial charge in [0, 0.05) is 0 Å². The van der Waals surface area contributed by atoms with Crippen molar-refractivity contribution in [2.75, 3.05) is 0 Å². The molecule has 2 unspecified atom stereocenters. The monoisotopic (exact) mass is 430 g/mol. The molecule has 0 aromatic heterocycles. The van der Waals surface area contributed by atoms with Gasteiger partial charge in [-0.05, 0) is 0 Å². The molecule has 0 bridgehead atoms. The molecule has 0 aromatic rings. The van der Waals surface area contributed by atoms with Crippen molar-refractivity contribution in [3.05, 3.63) is 46.6 Å². The second-order valence-electron chi connectivity index (χ2n) is 6.60. The maximum atomic E-state index is 2.63. The van der Waals surface area contributed by atoms with E-state index in [1.807, 2.05) is 0 Å². The Labute approximate surface area is 167 Å². The Morgan fingerprint density at radius 1 is 0.739 bits per heavy atom. The fraction of sp³-hybridized carbons (Fsp3) is 0.600. The maximum Gasteiger partial charge on any atom is -1.00 e. The zero-order valence-electron chi connectivity index (χ0n) is 15.4. The minimum atomic E-state index is -0.671. The van der Waals surface area contributed by atoms with Crippen LogP contribution in [0, 0.1) is 0 Å². The summed E-state index contributed by atoms with van der Waals surface area (Å²) in [7, 11) is 0. The first-order valence-electron chi connectivity index (χ1n) is 8.55. The molecule has 0 radical (unpaired) electrons. The predicted molar refractivity (Wildman–Crippen MR) is 90.2 cm³/mol. The smallest absolute Gasteiger partial charge is 1.00 e. The van der Waals surface area contributed by atoms with Crippen molar-refractivity contribution in [3.63, 3.8) is 0 Å². The zero-order chi connectivity index (χ0) is 15.7. The Hall–Kier alpha value is 0.423. The van der Waals surface area contributed by atoms with Crippen molar-refractivity contribution in [2.45, 2.75) is 73.5 Å². The van der Waals surface area contributed by atoms with Crippen molar-refractivity contribution in [1.82, 2.24) is 0 Å². The van der Waals surface area contributed by atoms with Gasteiger partial charge in [-0.3, -0.25) is 0 Å². The van der Waals surface area contributed by atoms with Crippen LogP contribution in [0.4, 0.5) is 0 Å². The molecule has 2 rings (SSSR count). The van der Waals surface area contributed by atoms with Crippen molar-refractivity contribution < 1.29 is 48.0 Å². The Morgan fingerprint density at radius 2 is 1.09 bits per heavy atom. The molecule has 0 amide bonds. The van der Waals surface area contributed by atoms with E-state index in [0.717, 1.165) is 0 Å². The summed E-state index contributed by atoms with van der Waals surface area (Å²) in [4.78, 5) is 0. The van der Waals surface area contributed by atoms with Gasteiger partial charge in [-0.2, -0.15) is 0 Å². The van der Waals surface area contributed by atoms with Crippen molar-refractivity contribution >= 4 is 0 Å². The average molecular weight is 433 g/mol. The van der Waals surface area contributed by atoms with E-state index in [0.29, 0.717) is 6.25 Å². The number of halogens is 2. The topological polar surface area (TPSA) is 0 Å². The Bertz CT molecular complexity index is 494. The molecule has 0 N–H and O–H groups in total. The summed E-state index contributed by atoms with van der Waals surface area (Å²) in [5.41, 5.74) is 6.44. The van der Waals surface area contributed by atoms with Gasteiger partial charge in [0.1, 0.15) is 0 Å². The van der Waals surface area contributed by atoms with E-state index in [2.05, 4.69) is 65.8 Å². The van der Waals surface area contributed by atoms with Gasteiger partial charge in [0.05, 0.1) is 0 Å². The Balaban J connectivity index is 0.00000242. The fourth-order valence-electron chi connectivity index (χ4n) is 4.15. The number of hydrogen-bond donors (Lipinski definition) is 0. The fourth-order valence-corrected chi connectivity index (χ4v) is 10.5. The molecule has 0 saturated carbocycles. The number of allylic oxidation sites excluding steroid dienone is 8. The van der Waals surface area contributed by atoms with Crippen LogP contribution in [0.3, 0.4) is 0 Å². The summed E-state index contributed by atoms with van der Waals surface area (Å²) in [6.45, 7) is 14.1. The molecule has 2 aliphatic rings. The maximum absolute atomic E-state index is 2.63. The van der Waals surface area contributed by atoms with E-state index in [1.54, 1.807) is 11.1 Å². The van der Waals surface area contributed by atoms with Crippen molar-refractivity contribution in [1.29, 1.82) is 0 Å². The summed E-state index contributed by atoms with van der Waals surface area (Å²) in [5, 5.41) is 0. The largest absolute Gasteiger partial charge is 1.00 e. The molecule has 0 saturated heterocycles. The minimum absolute atomic E-state index is 0. The molecule has 3 heteroatoms. The van der Waals surface area contributed by atoms with Gasteiger partial charge in [-0.1, -0.05) is 0 Å². The van der Waals surface area contributed by atoms with Crippen LogP contribution in [0.25, 0.3) is 0 Å². The van der Waals surface area contributed by atoms with E-state index in [1.165, 1.54) is 36.8 Å². The molecule has 0 spiro atoms. The molecule has 128 valence electrons. The van der Waals surface area contributed by atoms with Gasteiger partial charge in [0.25, 0.3) is 0 Å². The molecule has 0 nitrogen and oxygen atoms in total. The van der Waals surface area contributed by atoms with E-state index >= 15 is 0 Å². The van der Waals surface area contributed by atoms with Crippen LogP contribution in [0.15, 0.2) is 46.6 Å². The molecular weight excluding hydrogens is 402 g/mol. The van der Waals surface area contributed by atoms with E-state index < -0.39 is 23.2 Å². The Morgan fingerprint density at radius 3 is 1.35 bits per heavy atom. The molecule has 2 aliphatic carbocycles. The summed E-state index contributed by atoms with van der Waals surface area (Å²) in [6, 6.07) is 0. The van der Waals surface area contributed by atoms with Crippen LogP contribution in [0.5, 0.6) is 0 Å². The van der Waals surface area contributed by atoms with Gasteiger partial charge in [0.15, 0.2) is 0 Å². The summed E-state index contributed by atoms with van der Waals surface area (Å²) < 4.78 is 0.904. The molecule has 0 fully saturated rings. The van der Waals surface area contributed by atoms with Crippen LogP contribution in [0.1, 0.15) is 67.2 Å². The van der Waals surface area contributed by atoms with Crippen LogP contribution in [-0.4, -0.2) is 0 Å². The summed E-state index contributed by atoms with van der Waals surface area (Å²) >= 11 is -0.671. The molecule has 0 aromatic carbocycles. The van der Waals surface area contributed by atoms with Gasteiger partial charge >= 0.3 is 143 Å². The number of rotatable bonds is 6. The second-order valence-corrected chi connectivity index (χ2v) is 11.6. The third-order valence-electron chi connectivity index (χ3n) is 5.22. The third-order valence-corrected chi connectivity index (χ3v) is 11.4. The molecule has 2 atom stereocenters. The van der Waals surface area contributed by atoms with Crippen molar-refractivity contribution in [2.24, 2.45) is 0 Å². The quantitative estimate of drug-likeness (QED) is 0.583. The zero-order valence-corrected chi connectivity index (χ0v) is 19.4. The van der Waals surface area contributed by atoms with E-state index in [9.17, 15) is 0 Å². The van der Waals surface area contributed by atoms with Crippen LogP contribution >= 0.6 is 0 Å². The first kappa shape index (κ1) is 23.4. The van der Waals surface area contributed by atoms with Gasteiger partial charge in [-0.25, -0.2) is 0 Å². The van der Waals surface area contributed by atoms with Gasteiger partial charge < -0.3 is 24.8 Å². The first-order valence-corrected chi connectivity index (χ1v) is 11.0. The predicted octanol–water partition coefficient (Wildman–Crippen LogP) is 0.807. The summed E-state index contributed by atoms with van der Waals surface area (Å²) in [5.74, 6) is 0. The van der Waals surface area contributed by atoms with Gasteiger partial charge in [0.2, 0.25) is 0 Å². The molecule has 0 aliphatic heterocycles. The van der Waals surface area contributed by atoms with Crippen molar-refractivity contribution in [3.8, 4) is 0 Å². The SMILES string of the molecule is CCC1=CC(C)=C[C]1(CC)[Zr+2][C]1(CC)C=C(C)C=C1CC.[Cl-].[Cl-]. The normalized spacial score (nSPS) is 28.8. The minimum Gasteiger partial charge on any atom is -1.00 e. The van der Waals surface area contributed by atoms with Gasteiger partial charge in [-0.15, -0.1) is 0 Å². The molecule has 0 heterocycles. The average Bonchev–Trinajstić information content (AvgIpc) is 2.96. The van der Waals surface area contributed by atoms with Crippen LogP contribution in [-0.2, 0) is 23.2 Å².